The molecule has 0 radical (unpaired) electrons. The van der Waals surface area contributed by atoms with Crippen LogP contribution in [0.3, 0.4) is 0 Å². The molecule has 28 heavy (non-hydrogen) atoms. The summed E-state index contributed by atoms with van der Waals surface area (Å²) >= 11 is 0. The Morgan fingerprint density at radius 3 is 2.57 bits per heavy atom. The minimum atomic E-state index is -2.91. The Kier molecular flexibility index (Phi) is 5.97. The van der Waals surface area contributed by atoms with Crippen molar-refractivity contribution in [3.63, 3.8) is 0 Å². The van der Waals surface area contributed by atoms with Gasteiger partial charge in [0.1, 0.15) is 23.8 Å². The molecule has 0 aliphatic carbocycles. The van der Waals surface area contributed by atoms with E-state index >= 15 is 0 Å². The molecule has 0 saturated carbocycles. The summed E-state index contributed by atoms with van der Waals surface area (Å²) < 4.78 is 48.9. The van der Waals surface area contributed by atoms with Gasteiger partial charge in [-0.1, -0.05) is 7.43 Å². The molecular weight excluding hydrogens is 387 g/mol. The maximum Gasteiger partial charge on any atom is 0.339 e. The number of rotatable bonds is 4. The molecule has 3 aliphatic heterocycles. The van der Waals surface area contributed by atoms with E-state index in [9.17, 15) is 17.6 Å². The largest absolute Gasteiger partial charge is 0.492 e. The van der Waals surface area contributed by atoms with Gasteiger partial charge in [-0.3, -0.25) is 4.90 Å². The van der Waals surface area contributed by atoms with Crippen molar-refractivity contribution >= 4 is 15.8 Å². The monoisotopic (exact) mass is 414 g/mol. The molecule has 1 aromatic carbocycles. The number of halogens is 1. The Balaban J connectivity index is 0.00000225. The van der Waals surface area contributed by atoms with Crippen LogP contribution in [0.5, 0.6) is 5.75 Å². The number of carbonyl (C=O) groups excluding carboxylic acids is 1. The number of piperidine rings is 1. The van der Waals surface area contributed by atoms with Crippen molar-refractivity contribution in [1.29, 1.82) is 0 Å². The average Bonchev–Trinajstić information content (AvgIpc) is 2.89. The number of carbonyl (C=O) groups is 1. The van der Waals surface area contributed by atoms with Gasteiger partial charge >= 0.3 is 5.97 Å². The molecule has 4 rings (SSSR count). The second kappa shape index (κ2) is 7.96. The van der Waals surface area contributed by atoms with Gasteiger partial charge in [-0.05, 0) is 19.2 Å². The zero-order chi connectivity index (χ0) is 19.1. The molecule has 0 amide bonds. The smallest absolute Gasteiger partial charge is 0.339 e. The second-order valence-electron chi connectivity index (χ2n) is 7.30. The van der Waals surface area contributed by atoms with Crippen molar-refractivity contribution in [2.75, 3.05) is 50.8 Å². The molecule has 1 spiro atoms. The molecular formula is C19H27FN2O5S. The van der Waals surface area contributed by atoms with Crippen LogP contribution < -0.4 is 10.1 Å². The van der Waals surface area contributed by atoms with Gasteiger partial charge in [-0.2, -0.15) is 0 Å². The van der Waals surface area contributed by atoms with Gasteiger partial charge in [0.05, 0.1) is 17.1 Å². The number of nitrogens with zero attached hydrogens (tertiary/aromatic N) is 1. The fraction of sp³-hybridized carbons (Fsp3) is 0.632. The summed E-state index contributed by atoms with van der Waals surface area (Å²) in [4.78, 5) is 14.3. The van der Waals surface area contributed by atoms with Crippen molar-refractivity contribution < 1.29 is 27.1 Å². The number of hydrogen-bond acceptors (Lipinski definition) is 7. The van der Waals surface area contributed by atoms with Crippen LogP contribution in [0.1, 0.15) is 36.2 Å². The van der Waals surface area contributed by atoms with Gasteiger partial charge in [0.2, 0.25) is 0 Å². The summed E-state index contributed by atoms with van der Waals surface area (Å²) in [6, 6.07) is 2.86. The highest BCUT2D eigenvalue weighted by Gasteiger charge is 2.48. The molecule has 0 bridgehead atoms. The average molecular weight is 414 g/mol. The minimum Gasteiger partial charge on any atom is -0.492 e. The lowest BCUT2D eigenvalue weighted by atomic mass is 9.84. The van der Waals surface area contributed by atoms with Crippen LogP contribution in [0.4, 0.5) is 4.39 Å². The van der Waals surface area contributed by atoms with Crippen LogP contribution in [0.2, 0.25) is 0 Å². The van der Waals surface area contributed by atoms with Crippen molar-refractivity contribution in [1.82, 2.24) is 10.2 Å². The van der Waals surface area contributed by atoms with E-state index in [2.05, 4.69) is 5.32 Å². The quantitative estimate of drug-likeness (QED) is 0.744. The lowest BCUT2D eigenvalue weighted by molar-refractivity contribution is -0.0255. The van der Waals surface area contributed by atoms with Crippen LogP contribution in [-0.2, 0) is 20.2 Å². The van der Waals surface area contributed by atoms with E-state index in [1.807, 2.05) is 4.90 Å². The van der Waals surface area contributed by atoms with Gasteiger partial charge in [0, 0.05) is 44.1 Å². The third-order valence-corrected chi connectivity index (χ3v) is 7.16. The van der Waals surface area contributed by atoms with Gasteiger partial charge < -0.3 is 14.8 Å². The number of hydrogen-bond donors (Lipinski definition) is 1. The first-order valence-corrected chi connectivity index (χ1v) is 11.0. The highest BCUT2D eigenvalue weighted by Crippen LogP contribution is 2.45. The number of nitrogens with one attached hydrogen (secondary N) is 1. The number of fused-ring (bicyclic) bond motifs is 2. The lowest BCUT2D eigenvalue weighted by Gasteiger charge is -2.33. The summed E-state index contributed by atoms with van der Waals surface area (Å²) in [5.41, 5.74) is -0.266. The molecule has 7 nitrogen and oxygen atoms in total. The Labute approximate surface area is 165 Å². The Morgan fingerprint density at radius 1 is 1.21 bits per heavy atom. The molecule has 0 atom stereocenters. The third-order valence-electron chi connectivity index (χ3n) is 5.55. The van der Waals surface area contributed by atoms with Crippen LogP contribution >= 0.6 is 0 Å². The number of ether oxygens (including phenoxy) is 2. The van der Waals surface area contributed by atoms with Crippen LogP contribution in [-0.4, -0.2) is 70.1 Å². The Bertz CT molecular complexity index is 838. The summed E-state index contributed by atoms with van der Waals surface area (Å²) in [5, 5.41) is 3.20. The molecule has 2 saturated heterocycles. The highest BCUT2D eigenvalue weighted by atomic mass is 32.2. The first kappa shape index (κ1) is 21.0. The van der Waals surface area contributed by atoms with Crippen molar-refractivity contribution in [2.24, 2.45) is 0 Å². The van der Waals surface area contributed by atoms with Gasteiger partial charge in [-0.15, -0.1) is 0 Å². The molecule has 1 aromatic rings. The number of benzene rings is 1. The Morgan fingerprint density at radius 2 is 1.89 bits per heavy atom. The summed E-state index contributed by atoms with van der Waals surface area (Å²) in [6.07, 6.45) is 1.11. The first-order valence-electron chi connectivity index (χ1n) is 9.22. The first-order chi connectivity index (χ1) is 12.9. The van der Waals surface area contributed by atoms with E-state index < -0.39 is 27.2 Å². The van der Waals surface area contributed by atoms with Crippen LogP contribution in [0.15, 0.2) is 12.1 Å². The van der Waals surface area contributed by atoms with Crippen LogP contribution in [0.25, 0.3) is 0 Å². The van der Waals surface area contributed by atoms with E-state index in [0.717, 1.165) is 0 Å². The van der Waals surface area contributed by atoms with E-state index in [0.29, 0.717) is 63.5 Å². The molecule has 156 valence electrons. The maximum atomic E-state index is 14.8. The van der Waals surface area contributed by atoms with E-state index in [4.69, 9.17) is 9.47 Å². The van der Waals surface area contributed by atoms with E-state index in [-0.39, 0.29) is 24.5 Å². The standard InChI is InChI=1S/C18H23FN2O5S.CH4/c19-15-12-13(25-8-5-21-6-9-27(23,24)10-7-21)11-14-16(15)18(26-17(14)22)1-3-20-4-2-18;/h11-12,20H,1-10H2;1H4. The molecule has 9 heteroatoms. The zero-order valence-electron chi connectivity index (χ0n) is 15.0. The number of esters is 1. The fourth-order valence-corrected chi connectivity index (χ4v) is 5.30. The molecule has 3 aliphatic rings. The molecule has 3 heterocycles. The Hall–Kier alpha value is -1.71. The predicted molar refractivity (Wildman–Crippen MR) is 103 cm³/mol. The highest BCUT2D eigenvalue weighted by molar-refractivity contribution is 7.91. The third kappa shape index (κ3) is 4.01. The van der Waals surface area contributed by atoms with E-state index in [1.54, 1.807) is 6.07 Å². The minimum absolute atomic E-state index is 0. The summed E-state index contributed by atoms with van der Waals surface area (Å²) in [5.74, 6) is -0.373. The second-order valence-corrected chi connectivity index (χ2v) is 9.61. The van der Waals surface area contributed by atoms with Crippen LogP contribution in [0, 0.1) is 5.82 Å². The fourth-order valence-electron chi connectivity index (χ4n) is 4.02. The number of sulfone groups is 1. The summed E-state index contributed by atoms with van der Waals surface area (Å²) in [7, 11) is -2.91. The zero-order valence-corrected chi connectivity index (χ0v) is 15.8. The van der Waals surface area contributed by atoms with Gasteiger partial charge in [0.15, 0.2) is 9.84 Å². The predicted octanol–water partition coefficient (Wildman–Crippen LogP) is 1.32. The van der Waals surface area contributed by atoms with E-state index in [1.165, 1.54) is 6.07 Å². The SMILES string of the molecule is C.O=C1OC2(CCNCC2)c2c(F)cc(OCCN3CCS(=O)(=O)CC3)cc21. The van der Waals surface area contributed by atoms with Crippen molar-refractivity contribution in [2.45, 2.75) is 25.9 Å². The topological polar surface area (TPSA) is 84.9 Å². The molecule has 0 aromatic heterocycles. The van der Waals surface area contributed by atoms with Crippen molar-refractivity contribution in [3.8, 4) is 5.75 Å². The van der Waals surface area contributed by atoms with Crippen molar-refractivity contribution in [3.05, 3.63) is 29.1 Å². The molecule has 1 N–H and O–H groups in total. The summed E-state index contributed by atoms with van der Waals surface area (Å²) in [6.45, 7) is 3.16. The van der Waals surface area contributed by atoms with Gasteiger partial charge in [0.25, 0.3) is 0 Å². The van der Waals surface area contributed by atoms with Gasteiger partial charge in [-0.25, -0.2) is 17.6 Å². The molecule has 2 fully saturated rings. The normalized spacial score (nSPS) is 23.0. The lowest BCUT2D eigenvalue weighted by Crippen LogP contribution is -2.42. The molecule has 0 unspecified atom stereocenters. The maximum absolute atomic E-state index is 14.8.